The number of piperazine rings is 1. The molecule has 0 bridgehead atoms. The number of aromatic nitrogens is 2. The number of thiazole rings is 1. The molecule has 1 unspecified atom stereocenters. The Bertz CT molecular complexity index is 1480. The largest absolute Gasteiger partial charge is 0.444 e. The van der Waals surface area contributed by atoms with Crippen LogP contribution in [0.1, 0.15) is 57.0 Å². The van der Waals surface area contributed by atoms with Crippen molar-refractivity contribution in [3.63, 3.8) is 0 Å². The van der Waals surface area contributed by atoms with Gasteiger partial charge in [-0.3, -0.25) is 10.3 Å². The zero-order valence-electron chi connectivity index (χ0n) is 24.2. The molecule has 2 aromatic heterocycles. The van der Waals surface area contributed by atoms with Crippen molar-refractivity contribution in [2.24, 2.45) is 5.92 Å². The Labute approximate surface area is 245 Å². The molecule has 41 heavy (non-hydrogen) atoms. The van der Waals surface area contributed by atoms with Gasteiger partial charge in [-0.25, -0.2) is 14.6 Å². The number of benzene rings is 1. The van der Waals surface area contributed by atoms with Crippen LogP contribution in [0.4, 0.5) is 14.7 Å². The molecule has 0 spiro atoms. The first kappa shape index (κ1) is 28.6. The van der Waals surface area contributed by atoms with Crippen LogP contribution in [0, 0.1) is 31.1 Å². The predicted molar refractivity (Wildman–Crippen MR) is 160 cm³/mol. The molecule has 1 aliphatic heterocycles. The minimum Gasteiger partial charge on any atom is -0.444 e. The molecule has 0 radical (unpaired) electrons. The van der Waals surface area contributed by atoms with Gasteiger partial charge in [0.15, 0.2) is 5.13 Å². The molecule has 3 amide bonds. The van der Waals surface area contributed by atoms with Crippen LogP contribution in [0.3, 0.4) is 0 Å². The van der Waals surface area contributed by atoms with Crippen molar-refractivity contribution in [3.8, 4) is 27.8 Å². The smallest absolute Gasteiger partial charge is 0.410 e. The minimum absolute atomic E-state index is 0.0968. The summed E-state index contributed by atoms with van der Waals surface area (Å²) >= 11 is 1.40. The number of carbonyl (C=O) groups is 2. The number of nitrogens with zero attached hydrogens (tertiary/aromatic N) is 5. The summed E-state index contributed by atoms with van der Waals surface area (Å²) in [6.45, 7) is 10.8. The van der Waals surface area contributed by atoms with E-state index in [2.05, 4.69) is 16.4 Å². The topological polar surface area (TPSA) is 111 Å². The lowest BCUT2D eigenvalue weighted by Crippen LogP contribution is -2.58. The number of amides is 3. The van der Waals surface area contributed by atoms with Crippen molar-refractivity contribution in [1.29, 1.82) is 5.26 Å². The Balaban J connectivity index is 1.41. The molecule has 2 fully saturated rings. The van der Waals surface area contributed by atoms with Crippen molar-refractivity contribution in [2.75, 3.05) is 25.0 Å². The highest BCUT2D eigenvalue weighted by atomic mass is 32.1. The monoisotopic (exact) mass is 572 g/mol. The number of hydrogen-bond donors (Lipinski definition) is 1. The fourth-order valence-corrected chi connectivity index (χ4v) is 6.15. The third-order valence-corrected chi connectivity index (χ3v) is 8.17. The van der Waals surface area contributed by atoms with Crippen molar-refractivity contribution >= 4 is 28.6 Å². The number of carbonyl (C=O) groups excluding carboxylic acids is 2. The first-order chi connectivity index (χ1) is 19.5. The SMILES string of the molecule is Cc1cc(-c2sc(NC(=O)N3CCN(C(=O)OC(C)(C)C)CC3CC3CC3)nc2-c2cccc(C#N)c2)cc(C)n1. The standard InChI is InChI=1S/C31H36N6O3S/c1-19-13-24(14-20(2)33-19)27-26(23-8-6-7-22(15-23)17-32)34-28(41-27)35-29(38)37-12-11-36(30(39)40-31(3,4)5)18-25(37)16-21-9-10-21/h6-8,13-15,21,25H,9-12,16,18H2,1-5H3,(H,34,35,38). The summed E-state index contributed by atoms with van der Waals surface area (Å²) in [7, 11) is 0. The maximum Gasteiger partial charge on any atom is 0.410 e. The Morgan fingerprint density at radius 3 is 2.49 bits per heavy atom. The van der Waals surface area contributed by atoms with Crippen molar-refractivity contribution < 1.29 is 14.3 Å². The predicted octanol–water partition coefficient (Wildman–Crippen LogP) is 6.61. The number of rotatable bonds is 5. The Hall–Kier alpha value is -3.97. The summed E-state index contributed by atoms with van der Waals surface area (Å²) in [5, 5.41) is 13.0. The van der Waals surface area contributed by atoms with Gasteiger partial charge in [-0.05, 0) is 76.8 Å². The number of aryl methyl sites for hydroxylation is 2. The highest BCUT2D eigenvalue weighted by Crippen LogP contribution is 2.40. The molecule has 2 aliphatic rings. The van der Waals surface area contributed by atoms with Crippen LogP contribution in [0.5, 0.6) is 0 Å². The van der Waals surface area contributed by atoms with E-state index in [-0.39, 0.29) is 18.2 Å². The van der Waals surface area contributed by atoms with Crippen molar-refractivity contribution in [2.45, 2.75) is 65.5 Å². The fourth-order valence-electron chi connectivity index (χ4n) is 5.18. The molecule has 10 heteroatoms. The second-order valence-electron chi connectivity index (χ2n) is 11.9. The zero-order valence-corrected chi connectivity index (χ0v) is 25.0. The minimum atomic E-state index is -0.573. The number of urea groups is 1. The first-order valence-corrected chi connectivity index (χ1v) is 14.8. The Morgan fingerprint density at radius 2 is 1.83 bits per heavy atom. The number of anilines is 1. The van der Waals surface area contributed by atoms with E-state index in [9.17, 15) is 14.9 Å². The summed E-state index contributed by atoms with van der Waals surface area (Å²) in [5.41, 5.74) is 4.22. The van der Waals surface area contributed by atoms with Gasteiger partial charge in [-0.1, -0.05) is 36.3 Å². The fraction of sp³-hybridized carbons (Fsp3) is 0.452. The average Bonchev–Trinajstić information content (AvgIpc) is 3.62. The lowest BCUT2D eigenvalue weighted by atomic mass is 10.0. The molecule has 214 valence electrons. The van der Waals surface area contributed by atoms with E-state index in [4.69, 9.17) is 9.72 Å². The van der Waals surface area contributed by atoms with Gasteiger partial charge in [0, 0.05) is 36.6 Å². The summed E-state index contributed by atoms with van der Waals surface area (Å²) in [6, 6.07) is 13.2. The summed E-state index contributed by atoms with van der Waals surface area (Å²) < 4.78 is 5.61. The van der Waals surface area contributed by atoms with Crippen LogP contribution in [0.2, 0.25) is 0 Å². The summed E-state index contributed by atoms with van der Waals surface area (Å²) in [6.07, 6.45) is 2.83. The molecule has 9 nitrogen and oxygen atoms in total. The molecule has 5 rings (SSSR count). The van der Waals surface area contributed by atoms with Gasteiger partial charge in [-0.2, -0.15) is 5.26 Å². The lowest BCUT2D eigenvalue weighted by molar-refractivity contribution is 0.00856. The first-order valence-electron chi connectivity index (χ1n) is 14.0. The van der Waals surface area contributed by atoms with E-state index in [0.717, 1.165) is 46.7 Å². The quantitative estimate of drug-likeness (QED) is 0.368. The van der Waals surface area contributed by atoms with Gasteiger partial charge in [-0.15, -0.1) is 0 Å². The third-order valence-electron chi connectivity index (χ3n) is 7.15. The highest BCUT2D eigenvalue weighted by molar-refractivity contribution is 7.19. The van der Waals surface area contributed by atoms with E-state index in [0.29, 0.717) is 41.9 Å². The average molecular weight is 573 g/mol. The van der Waals surface area contributed by atoms with Crippen LogP contribution in [-0.4, -0.2) is 63.2 Å². The Kier molecular flexibility index (Phi) is 8.00. The van der Waals surface area contributed by atoms with Crippen LogP contribution >= 0.6 is 11.3 Å². The van der Waals surface area contributed by atoms with Gasteiger partial charge in [0.1, 0.15) is 5.60 Å². The molecular formula is C31H36N6O3S. The van der Waals surface area contributed by atoms with Gasteiger partial charge in [0.2, 0.25) is 0 Å². The lowest BCUT2D eigenvalue weighted by Gasteiger charge is -2.41. The summed E-state index contributed by atoms with van der Waals surface area (Å²) in [4.78, 5) is 40.3. The number of hydrogen-bond acceptors (Lipinski definition) is 7. The maximum absolute atomic E-state index is 13.7. The van der Waals surface area contributed by atoms with Gasteiger partial charge < -0.3 is 14.5 Å². The van der Waals surface area contributed by atoms with E-state index < -0.39 is 5.60 Å². The molecule has 1 saturated heterocycles. The molecule has 1 aliphatic carbocycles. The van der Waals surface area contributed by atoms with Crippen LogP contribution in [-0.2, 0) is 4.74 Å². The summed E-state index contributed by atoms with van der Waals surface area (Å²) in [5.74, 6) is 0.581. The zero-order chi connectivity index (χ0) is 29.3. The molecule has 1 atom stereocenters. The number of pyridine rings is 1. The number of ether oxygens (including phenoxy) is 1. The van der Waals surface area contributed by atoms with Crippen molar-refractivity contribution in [3.05, 3.63) is 53.3 Å². The normalized spacial score (nSPS) is 17.2. The van der Waals surface area contributed by atoms with Gasteiger partial charge in [0.05, 0.1) is 28.2 Å². The molecule has 1 aromatic carbocycles. The molecule has 1 N–H and O–H groups in total. The van der Waals surface area contributed by atoms with E-state index >= 15 is 0 Å². The van der Waals surface area contributed by atoms with Crippen LogP contribution in [0.15, 0.2) is 36.4 Å². The van der Waals surface area contributed by atoms with E-state index in [1.165, 1.54) is 11.3 Å². The molecule has 1 saturated carbocycles. The van der Waals surface area contributed by atoms with Gasteiger partial charge >= 0.3 is 12.1 Å². The van der Waals surface area contributed by atoms with E-state index in [1.807, 2.05) is 69.9 Å². The van der Waals surface area contributed by atoms with Crippen molar-refractivity contribution in [1.82, 2.24) is 19.8 Å². The highest BCUT2D eigenvalue weighted by Gasteiger charge is 2.38. The second-order valence-corrected chi connectivity index (χ2v) is 12.9. The molecular weight excluding hydrogens is 536 g/mol. The second kappa shape index (κ2) is 11.5. The van der Waals surface area contributed by atoms with Gasteiger partial charge in [0.25, 0.3) is 0 Å². The number of nitriles is 1. The van der Waals surface area contributed by atoms with E-state index in [1.54, 1.807) is 11.0 Å². The van der Waals surface area contributed by atoms with Crippen LogP contribution in [0.25, 0.3) is 21.7 Å². The van der Waals surface area contributed by atoms with Crippen LogP contribution < -0.4 is 5.32 Å². The molecule has 3 aromatic rings. The molecule has 3 heterocycles. The Morgan fingerprint density at radius 1 is 1.10 bits per heavy atom. The maximum atomic E-state index is 13.7. The number of nitrogens with one attached hydrogen (secondary N) is 1. The third kappa shape index (κ3) is 7.03.